The molecule has 0 aliphatic heterocycles. The normalized spacial score (nSPS) is 10.3. The van der Waals surface area contributed by atoms with Gasteiger partial charge in [-0.15, -0.1) is 0 Å². The SMILES string of the molecule is CNCc1cccc(OCc2cccc(Cl)c2)n1. The predicted molar refractivity (Wildman–Crippen MR) is 72.8 cm³/mol. The average molecular weight is 263 g/mol. The molecule has 2 aromatic rings. The van der Waals surface area contributed by atoms with Crippen molar-refractivity contribution in [1.82, 2.24) is 10.3 Å². The Morgan fingerprint density at radius 1 is 1.22 bits per heavy atom. The van der Waals surface area contributed by atoms with Crippen LogP contribution in [0.4, 0.5) is 0 Å². The Bertz CT molecular complexity index is 517. The van der Waals surface area contributed by atoms with E-state index in [1.54, 1.807) is 0 Å². The Hall–Kier alpha value is -1.58. The third-order valence-corrected chi connectivity index (χ3v) is 2.65. The molecule has 0 unspecified atom stereocenters. The van der Waals surface area contributed by atoms with Gasteiger partial charge in [-0.25, -0.2) is 4.98 Å². The second-order valence-corrected chi connectivity index (χ2v) is 4.35. The smallest absolute Gasteiger partial charge is 0.213 e. The Labute approximate surface area is 112 Å². The van der Waals surface area contributed by atoms with Crippen LogP contribution in [0.3, 0.4) is 0 Å². The van der Waals surface area contributed by atoms with Gasteiger partial charge >= 0.3 is 0 Å². The van der Waals surface area contributed by atoms with E-state index < -0.39 is 0 Å². The Morgan fingerprint density at radius 3 is 2.83 bits per heavy atom. The summed E-state index contributed by atoms with van der Waals surface area (Å²) in [5.41, 5.74) is 1.99. The van der Waals surface area contributed by atoms with Crippen LogP contribution in [0.1, 0.15) is 11.3 Å². The zero-order valence-electron chi connectivity index (χ0n) is 10.2. The molecule has 0 radical (unpaired) electrons. The fourth-order valence-electron chi connectivity index (χ4n) is 1.60. The van der Waals surface area contributed by atoms with Gasteiger partial charge in [0.25, 0.3) is 0 Å². The first-order valence-corrected chi connectivity index (χ1v) is 6.13. The lowest BCUT2D eigenvalue weighted by molar-refractivity contribution is 0.293. The minimum Gasteiger partial charge on any atom is -0.473 e. The summed E-state index contributed by atoms with van der Waals surface area (Å²) in [6.45, 7) is 1.20. The van der Waals surface area contributed by atoms with Crippen molar-refractivity contribution in [3.05, 3.63) is 58.7 Å². The average Bonchev–Trinajstić information content (AvgIpc) is 2.37. The molecule has 0 atom stereocenters. The van der Waals surface area contributed by atoms with Gasteiger partial charge in [0.1, 0.15) is 6.61 Å². The maximum atomic E-state index is 5.91. The van der Waals surface area contributed by atoms with Crippen molar-refractivity contribution < 1.29 is 4.74 Å². The van der Waals surface area contributed by atoms with E-state index in [9.17, 15) is 0 Å². The van der Waals surface area contributed by atoms with Crippen LogP contribution in [0.15, 0.2) is 42.5 Å². The van der Waals surface area contributed by atoms with Gasteiger partial charge in [-0.1, -0.05) is 29.8 Å². The molecule has 0 bridgehead atoms. The van der Waals surface area contributed by atoms with E-state index >= 15 is 0 Å². The van der Waals surface area contributed by atoms with E-state index in [0.717, 1.165) is 17.8 Å². The minimum atomic E-state index is 0.469. The number of nitrogens with zero attached hydrogens (tertiary/aromatic N) is 1. The first-order valence-electron chi connectivity index (χ1n) is 5.76. The van der Waals surface area contributed by atoms with Crippen LogP contribution in [0.5, 0.6) is 5.88 Å². The van der Waals surface area contributed by atoms with Gasteiger partial charge in [0.2, 0.25) is 5.88 Å². The molecule has 0 fully saturated rings. The van der Waals surface area contributed by atoms with E-state index in [4.69, 9.17) is 16.3 Å². The summed E-state index contributed by atoms with van der Waals surface area (Å²) in [6, 6.07) is 13.4. The molecule has 0 saturated heterocycles. The van der Waals surface area contributed by atoms with Crippen LogP contribution in [0, 0.1) is 0 Å². The van der Waals surface area contributed by atoms with Gasteiger partial charge in [-0.2, -0.15) is 0 Å². The van der Waals surface area contributed by atoms with Crippen molar-refractivity contribution in [2.75, 3.05) is 7.05 Å². The van der Waals surface area contributed by atoms with Crippen LogP contribution >= 0.6 is 11.6 Å². The van der Waals surface area contributed by atoms with Gasteiger partial charge in [0, 0.05) is 17.6 Å². The maximum Gasteiger partial charge on any atom is 0.213 e. The second-order valence-electron chi connectivity index (χ2n) is 3.92. The van der Waals surface area contributed by atoms with Gasteiger partial charge in [0.05, 0.1) is 5.69 Å². The maximum absolute atomic E-state index is 5.91. The monoisotopic (exact) mass is 262 g/mol. The highest BCUT2D eigenvalue weighted by molar-refractivity contribution is 6.30. The molecule has 4 heteroatoms. The molecular weight excluding hydrogens is 248 g/mol. The number of nitrogens with one attached hydrogen (secondary N) is 1. The van der Waals surface area contributed by atoms with Crippen LogP contribution in [0.2, 0.25) is 5.02 Å². The zero-order chi connectivity index (χ0) is 12.8. The first-order chi connectivity index (χ1) is 8.78. The summed E-state index contributed by atoms with van der Waals surface area (Å²) < 4.78 is 5.64. The fraction of sp³-hybridized carbons (Fsp3) is 0.214. The third-order valence-electron chi connectivity index (χ3n) is 2.41. The van der Waals surface area contributed by atoms with E-state index in [1.165, 1.54) is 0 Å². The Balaban J connectivity index is 1.99. The van der Waals surface area contributed by atoms with Crippen LogP contribution < -0.4 is 10.1 Å². The lowest BCUT2D eigenvalue weighted by Crippen LogP contribution is -2.07. The number of benzene rings is 1. The molecule has 1 heterocycles. The molecule has 2 rings (SSSR count). The topological polar surface area (TPSA) is 34.1 Å². The van der Waals surface area contributed by atoms with E-state index in [1.807, 2.05) is 49.5 Å². The van der Waals surface area contributed by atoms with Crippen molar-refractivity contribution in [2.45, 2.75) is 13.2 Å². The molecule has 0 aliphatic rings. The van der Waals surface area contributed by atoms with Gasteiger partial charge < -0.3 is 10.1 Å². The van der Waals surface area contributed by atoms with E-state index in [2.05, 4.69) is 10.3 Å². The van der Waals surface area contributed by atoms with Gasteiger partial charge in [0.15, 0.2) is 0 Å². The molecule has 0 amide bonds. The van der Waals surface area contributed by atoms with Crippen LogP contribution in [-0.2, 0) is 13.2 Å². The largest absolute Gasteiger partial charge is 0.473 e. The summed E-state index contributed by atoms with van der Waals surface area (Å²) in [5.74, 6) is 0.628. The van der Waals surface area contributed by atoms with Crippen molar-refractivity contribution in [2.24, 2.45) is 0 Å². The highest BCUT2D eigenvalue weighted by Crippen LogP contribution is 2.14. The fourth-order valence-corrected chi connectivity index (χ4v) is 1.81. The van der Waals surface area contributed by atoms with Crippen LogP contribution in [0.25, 0.3) is 0 Å². The molecule has 1 aromatic heterocycles. The predicted octanol–water partition coefficient (Wildman–Crippen LogP) is 3.03. The Morgan fingerprint density at radius 2 is 2.06 bits per heavy atom. The van der Waals surface area contributed by atoms with E-state index in [0.29, 0.717) is 17.5 Å². The van der Waals surface area contributed by atoms with Gasteiger partial charge in [-0.3, -0.25) is 0 Å². The first kappa shape index (κ1) is 12.9. The lowest BCUT2D eigenvalue weighted by Gasteiger charge is -2.07. The standard InChI is InChI=1S/C14H15ClN2O/c1-16-9-13-6-3-7-14(17-13)18-10-11-4-2-5-12(15)8-11/h2-8,16H,9-10H2,1H3. The van der Waals surface area contributed by atoms with Crippen molar-refractivity contribution in [1.29, 1.82) is 0 Å². The summed E-state index contributed by atoms with van der Waals surface area (Å²) in [7, 11) is 1.89. The van der Waals surface area contributed by atoms with Crippen LogP contribution in [-0.4, -0.2) is 12.0 Å². The summed E-state index contributed by atoms with van der Waals surface area (Å²) in [6.07, 6.45) is 0. The summed E-state index contributed by atoms with van der Waals surface area (Å²) >= 11 is 5.91. The molecule has 0 aliphatic carbocycles. The Kier molecular flexibility index (Phi) is 4.56. The number of hydrogen-bond donors (Lipinski definition) is 1. The van der Waals surface area contributed by atoms with Gasteiger partial charge in [-0.05, 0) is 30.8 Å². The second kappa shape index (κ2) is 6.38. The number of pyridine rings is 1. The highest BCUT2D eigenvalue weighted by atomic mass is 35.5. The number of hydrogen-bond acceptors (Lipinski definition) is 3. The lowest BCUT2D eigenvalue weighted by atomic mass is 10.2. The minimum absolute atomic E-state index is 0.469. The highest BCUT2D eigenvalue weighted by Gasteiger charge is 1.99. The van der Waals surface area contributed by atoms with Crippen molar-refractivity contribution in [3.63, 3.8) is 0 Å². The molecule has 0 spiro atoms. The number of halogens is 1. The van der Waals surface area contributed by atoms with E-state index in [-0.39, 0.29) is 0 Å². The molecule has 94 valence electrons. The summed E-state index contributed by atoms with van der Waals surface area (Å²) in [5, 5.41) is 3.77. The quantitative estimate of drug-likeness (QED) is 0.899. The third kappa shape index (κ3) is 3.72. The van der Waals surface area contributed by atoms with Crippen molar-refractivity contribution >= 4 is 11.6 Å². The zero-order valence-corrected chi connectivity index (χ0v) is 10.9. The molecular formula is C14H15ClN2O. The van der Waals surface area contributed by atoms with Crippen molar-refractivity contribution in [3.8, 4) is 5.88 Å². The number of aromatic nitrogens is 1. The molecule has 1 aromatic carbocycles. The molecule has 0 saturated carbocycles. The number of rotatable bonds is 5. The summed E-state index contributed by atoms with van der Waals surface area (Å²) in [4.78, 5) is 4.38. The number of ether oxygens (including phenoxy) is 1. The molecule has 18 heavy (non-hydrogen) atoms. The molecule has 3 nitrogen and oxygen atoms in total. The molecule has 1 N–H and O–H groups in total.